The quantitative estimate of drug-likeness (QED) is 0.775. The van der Waals surface area contributed by atoms with Crippen LogP contribution in [0.3, 0.4) is 0 Å². The normalized spacial score (nSPS) is 10.4. The zero-order chi connectivity index (χ0) is 11.5. The zero-order valence-corrected chi connectivity index (χ0v) is 11.3. The van der Waals surface area contributed by atoms with Crippen molar-refractivity contribution in [2.45, 2.75) is 6.42 Å². The lowest BCUT2D eigenvalue weighted by Gasteiger charge is -2.03. The molecule has 0 fully saturated rings. The van der Waals surface area contributed by atoms with Crippen LogP contribution in [0.15, 0.2) is 39.7 Å². The second kappa shape index (κ2) is 5.01. The van der Waals surface area contributed by atoms with Gasteiger partial charge in [-0.15, -0.1) is 0 Å². The molecular weight excluding hydrogens is 339 g/mol. The summed E-state index contributed by atoms with van der Waals surface area (Å²) in [5, 5.41) is 0. The van der Waals surface area contributed by atoms with E-state index in [1.54, 1.807) is 0 Å². The summed E-state index contributed by atoms with van der Waals surface area (Å²) in [6, 6.07) is 7.70. The lowest BCUT2D eigenvalue weighted by Crippen LogP contribution is -1.99. The number of hydrogen-bond donors (Lipinski definition) is 0. The minimum atomic E-state index is -0.398. The molecule has 0 aliphatic rings. The Morgan fingerprint density at radius 3 is 2.44 bits per heavy atom. The Morgan fingerprint density at radius 1 is 1.06 bits per heavy atom. The molecule has 0 aliphatic carbocycles. The minimum absolute atomic E-state index is 0.203. The van der Waals surface area contributed by atoms with E-state index in [0.29, 0.717) is 12.1 Å². The third-order valence-electron chi connectivity index (χ3n) is 2.10. The number of rotatable bonds is 2. The van der Waals surface area contributed by atoms with Crippen LogP contribution in [0.1, 0.15) is 11.3 Å². The molecular formula is C11H7Br2FN2. The van der Waals surface area contributed by atoms with Crippen molar-refractivity contribution in [2.24, 2.45) is 0 Å². The molecule has 1 aromatic carbocycles. The largest absolute Gasteiger partial charge is 0.238 e. The first-order chi connectivity index (χ1) is 7.66. The van der Waals surface area contributed by atoms with E-state index in [1.165, 1.54) is 6.33 Å². The molecule has 0 bridgehead atoms. The van der Waals surface area contributed by atoms with Crippen molar-refractivity contribution in [1.29, 1.82) is 0 Å². The molecule has 0 amide bonds. The first-order valence-corrected chi connectivity index (χ1v) is 6.15. The average molecular weight is 346 g/mol. The molecule has 0 saturated heterocycles. The maximum Gasteiger partial charge on any atom is 0.177 e. The molecule has 1 heterocycles. The minimum Gasteiger partial charge on any atom is -0.238 e. The van der Waals surface area contributed by atoms with E-state index in [2.05, 4.69) is 41.8 Å². The third-order valence-corrected chi connectivity index (χ3v) is 3.19. The molecule has 0 atom stereocenters. The summed E-state index contributed by atoms with van der Waals surface area (Å²) in [5.41, 5.74) is 1.40. The van der Waals surface area contributed by atoms with Gasteiger partial charge in [0.2, 0.25) is 0 Å². The van der Waals surface area contributed by atoms with E-state index in [-0.39, 0.29) is 4.60 Å². The fourth-order valence-electron chi connectivity index (χ4n) is 1.30. The van der Waals surface area contributed by atoms with Crippen molar-refractivity contribution in [1.82, 2.24) is 9.97 Å². The SMILES string of the molecule is Fc1c(Br)ncnc1Cc1ccc(Br)cc1. The topological polar surface area (TPSA) is 25.8 Å². The Bertz CT molecular complexity index is 500. The Balaban J connectivity index is 2.27. The van der Waals surface area contributed by atoms with Gasteiger partial charge < -0.3 is 0 Å². The summed E-state index contributed by atoms with van der Waals surface area (Å²) < 4.78 is 14.8. The maximum absolute atomic E-state index is 13.6. The maximum atomic E-state index is 13.6. The molecule has 5 heteroatoms. The summed E-state index contributed by atoms with van der Waals surface area (Å²) in [6.45, 7) is 0. The Kier molecular flexibility index (Phi) is 3.66. The molecule has 16 heavy (non-hydrogen) atoms. The van der Waals surface area contributed by atoms with Crippen LogP contribution in [0, 0.1) is 5.82 Å². The first kappa shape index (κ1) is 11.7. The van der Waals surface area contributed by atoms with Crippen molar-refractivity contribution in [3.05, 3.63) is 56.7 Å². The van der Waals surface area contributed by atoms with E-state index >= 15 is 0 Å². The smallest absolute Gasteiger partial charge is 0.177 e. The van der Waals surface area contributed by atoms with E-state index < -0.39 is 5.82 Å². The fraction of sp³-hybridized carbons (Fsp3) is 0.0909. The molecule has 82 valence electrons. The van der Waals surface area contributed by atoms with Crippen LogP contribution in [-0.2, 0) is 6.42 Å². The fourth-order valence-corrected chi connectivity index (χ4v) is 1.89. The van der Waals surface area contributed by atoms with E-state index in [0.717, 1.165) is 10.0 Å². The number of hydrogen-bond acceptors (Lipinski definition) is 2. The zero-order valence-electron chi connectivity index (χ0n) is 8.12. The molecule has 0 aliphatic heterocycles. The lowest BCUT2D eigenvalue weighted by molar-refractivity contribution is 0.587. The number of aromatic nitrogens is 2. The van der Waals surface area contributed by atoms with Crippen molar-refractivity contribution in [3.8, 4) is 0 Å². The summed E-state index contributed by atoms with van der Waals surface area (Å²) in [7, 11) is 0. The summed E-state index contributed by atoms with van der Waals surface area (Å²) in [6.07, 6.45) is 1.81. The predicted octanol–water partition coefficient (Wildman–Crippen LogP) is 3.73. The van der Waals surface area contributed by atoms with Gasteiger partial charge in [-0.1, -0.05) is 28.1 Å². The van der Waals surface area contributed by atoms with Crippen LogP contribution in [0.4, 0.5) is 4.39 Å². The van der Waals surface area contributed by atoms with Gasteiger partial charge in [0.25, 0.3) is 0 Å². The van der Waals surface area contributed by atoms with Crippen molar-refractivity contribution in [3.63, 3.8) is 0 Å². The second-order valence-electron chi connectivity index (χ2n) is 3.23. The van der Waals surface area contributed by atoms with Gasteiger partial charge in [0.05, 0.1) is 5.69 Å². The number of halogens is 3. The van der Waals surface area contributed by atoms with Crippen molar-refractivity contribution < 1.29 is 4.39 Å². The highest BCUT2D eigenvalue weighted by atomic mass is 79.9. The highest BCUT2D eigenvalue weighted by Gasteiger charge is 2.09. The second-order valence-corrected chi connectivity index (χ2v) is 4.90. The average Bonchev–Trinajstić information content (AvgIpc) is 2.28. The van der Waals surface area contributed by atoms with Crippen molar-refractivity contribution >= 4 is 31.9 Å². The molecule has 0 unspecified atom stereocenters. The number of nitrogens with zero attached hydrogens (tertiary/aromatic N) is 2. The number of benzene rings is 1. The molecule has 0 spiro atoms. The van der Waals surface area contributed by atoms with Gasteiger partial charge >= 0.3 is 0 Å². The molecule has 2 aromatic rings. The lowest BCUT2D eigenvalue weighted by atomic mass is 10.1. The predicted molar refractivity (Wildman–Crippen MR) is 66.6 cm³/mol. The third kappa shape index (κ3) is 2.65. The molecule has 0 saturated carbocycles. The van der Waals surface area contributed by atoms with Crippen LogP contribution in [0.5, 0.6) is 0 Å². The van der Waals surface area contributed by atoms with Crippen LogP contribution >= 0.6 is 31.9 Å². The van der Waals surface area contributed by atoms with Gasteiger partial charge in [0, 0.05) is 10.9 Å². The molecule has 0 radical (unpaired) electrons. The summed E-state index contributed by atoms with van der Waals surface area (Å²) >= 11 is 6.39. The summed E-state index contributed by atoms with van der Waals surface area (Å²) in [4.78, 5) is 7.65. The standard InChI is InChI=1S/C11H7Br2FN2/c12-8-3-1-7(2-4-8)5-9-10(14)11(13)16-6-15-9/h1-4,6H,5H2. The van der Waals surface area contributed by atoms with Gasteiger partial charge in [-0.25, -0.2) is 14.4 Å². The van der Waals surface area contributed by atoms with Gasteiger partial charge in [-0.3, -0.25) is 0 Å². The molecule has 2 nitrogen and oxygen atoms in total. The van der Waals surface area contributed by atoms with Gasteiger partial charge in [0.15, 0.2) is 5.82 Å². The monoisotopic (exact) mass is 344 g/mol. The Hall–Kier alpha value is -0.810. The molecule has 0 N–H and O–H groups in total. The van der Waals surface area contributed by atoms with E-state index in [1.807, 2.05) is 24.3 Å². The van der Waals surface area contributed by atoms with Gasteiger partial charge in [-0.2, -0.15) is 0 Å². The van der Waals surface area contributed by atoms with Gasteiger partial charge in [0.1, 0.15) is 10.9 Å². The Labute approximate surface area is 109 Å². The van der Waals surface area contributed by atoms with Crippen molar-refractivity contribution in [2.75, 3.05) is 0 Å². The van der Waals surface area contributed by atoms with E-state index in [4.69, 9.17) is 0 Å². The Morgan fingerprint density at radius 2 is 1.75 bits per heavy atom. The van der Waals surface area contributed by atoms with Crippen LogP contribution in [0.2, 0.25) is 0 Å². The van der Waals surface area contributed by atoms with Gasteiger partial charge in [-0.05, 0) is 33.6 Å². The van der Waals surface area contributed by atoms with Crippen LogP contribution in [-0.4, -0.2) is 9.97 Å². The first-order valence-electron chi connectivity index (χ1n) is 4.56. The molecule has 2 rings (SSSR count). The van der Waals surface area contributed by atoms with Crippen LogP contribution < -0.4 is 0 Å². The van der Waals surface area contributed by atoms with E-state index in [9.17, 15) is 4.39 Å². The highest BCUT2D eigenvalue weighted by Crippen LogP contribution is 2.18. The molecule has 1 aromatic heterocycles. The van der Waals surface area contributed by atoms with Crippen LogP contribution in [0.25, 0.3) is 0 Å². The summed E-state index contributed by atoms with van der Waals surface area (Å²) in [5.74, 6) is -0.398. The highest BCUT2D eigenvalue weighted by molar-refractivity contribution is 9.10.